The van der Waals surface area contributed by atoms with Gasteiger partial charge in [0, 0.05) is 35.6 Å². The number of hydrogen-bond acceptors (Lipinski definition) is 2. The van der Waals surface area contributed by atoms with Crippen LogP contribution in [0, 0.1) is 5.41 Å². The Morgan fingerprint density at radius 2 is 2.26 bits per heavy atom. The lowest BCUT2D eigenvalue weighted by Gasteiger charge is -2.44. The molecule has 1 aromatic carbocycles. The summed E-state index contributed by atoms with van der Waals surface area (Å²) in [6.45, 7) is 4.51. The molecule has 1 saturated heterocycles. The molecule has 1 aliphatic heterocycles. The zero-order valence-corrected chi connectivity index (χ0v) is 14.0. The number of rotatable bonds is 3. The molecule has 0 atom stereocenters. The first kappa shape index (κ1) is 15.0. The quantitative estimate of drug-likeness (QED) is 0.927. The normalized spacial score (nSPS) is 26.9. The smallest absolute Gasteiger partial charge is 0.270 e. The predicted octanol–water partition coefficient (Wildman–Crippen LogP) is 3.85. The van der Waals surface area contributed by atoms with Gasteiger partial charge in [0.2, 0.25) is 0 Å². The van der Waals surface area contributed by atoms with Gasteiger partial charge in [0.25, 0.3) is 5.91 Å². The molecule has 2 fully saturated rings. The maximum absolute atomic E-state index is 12.8. The van der Waals surface area contributed by atoms with Crippen molar-refractivity contribution in [1.29, 1.82) is 0 Å². The van der Waals surface area contributed by atoms with Crippen LogP contribution in [0.1, 0.15) is 36.7 Å². The molecule has 1 aliphatic carbocycles. The lowest BCUT2D eigenvalue weighted by Crippen LogP contribution is -2.45. The molecule has 4 nitrogen and oxygen atoms in total. The van der Waals surface area contributed by atoms with E-state index in [4.69, 9.17) is 16.3 Å². The Hall–Kier alpha value is -1.52. The summed E-state index contributed by atoms with van der Waals surface area (Å²) in [6, 6.07) is 7.56. The molecule has 2 aromatic rings. The van der Waals surface area contributed by atoms with Gasteiger partial charge in [-0.2, -0.15) is 0 Å². The van der Waals surface area contributed by atoms with Crippen LogP contribution in [-0.2, 0) is 4.74 Å². The van der Waals surface area contributed by atoms with E-state index in [2.05, 4.69) is 4.98 Å². The minimum atomic E-state index is 0.0917. The van der Waals surface area contributed by atoms with Crippen LogP contribution in [-0.4, -0.2) is 41.6 Å². The van der Waals surface area contributed by atoms with E-state index in [1.165, 1.54) is 0 Å². The fraction of sp³-hybridized carbons (Fsp3) is 0.500. The summed E-state index contributed by atoms with van der Waals surface area (Å²) in [5.74, 6) is 0.0917. The van der Waals surface area contributed by atoms with E-state index in [1.807, 2.05) is 36.1 Å². The van der Waals surface area contributed by atoms with Gasteiger partial charge in [0.1, 0.15) is 5.69 Å². The highest BCUT2D eigenvalue weighted by molar-refractivity contribution is 6.31. The fourth-order valence-corrected chi connectivity index (χ4v) is 4.26. The highest BCUT2D eigenvalue weighted by atomic mass is 35.5. The number of benzene rings is 1. The molecule has 2 aliphatic rings. The number of ether oxygens (including phenoxy) is 1. The Morgan fingerprint density at radius 1 is 1.43 bits per heavy atom. The summed E-state index contributed by atoms with van der Waals surface area (Å²) < 4.78 is 5.67. The van der Waals surface area contributed by atoms with Crippen molar-refractivity contribution in [2.24, 2.45) is 5.41 Å². The van der Waals surface area contributed by atoms with Gasteiger partial charge in [-0.05, 0) is 49.8 Å². The summed E-state index contributed by atoms with van der Waals surface area (Å²) in [4.78, 5) is 18.0. The third-order valence-corrected chi connectivity index (χ3v) is 5.50. The van der Waals surface area contributed by atoms with Gasteiger partial charge in [0.05, 0.1) is 6.10 Å². The number of likely N-dealkylation sites (tertiary alicyclic amines) is 1. The number of halogens is 1. The van der Waals surface area contributed by atoms with E-state index < -0.39 is 0 Å². The Labute approximate surface area is 140 Å². The molecule has 1 N–H and O–H groups in total. The lowest BCUT2D eigenvalue weighted by molar-refractivity contribution is -0.0708. The Balaban J connectivity index is 1.47. The molecular weight excluding hydrogens is 312 g/mol. The highest BCUT2D eigenvalue weighted by Crippen LogP contribution is 2.49. The number of H-pyrrole nitrogens is 1. The summed E-state index contributed by atoms with van der Waals surface area (Å²) in [6.07, 6.45) is 3.67. The Morgan fingerprint density at radius 3 is 3.04 bits per heavy atom. The van der Waals surface area contributed by atoms with Crippen LogP contribution in [0.25, 0.3) is 10.9 Å². The Bertz CT molecular complexity index is 749. The van der Waals surface area contributed by atoms with Gasteiger partial charge in [0.15, 0.2) is 0 Å². The molecule has 122 valence electrons. The zero-order chi connectivity index (χ0) is 16.0. The van der Waals surface area contributed by atoms with E-state index in [0.29, 0.717) is 22.2 Å². The molecule has 2 heterocycles. The van der Waals surface area contributed by atoms with Crippen molar-refractivity contribution in [3.63, 3.8) is 0 Å². The van der Waals surface area contributed by atoms with E-state index >= 15 is 0 Å². The van der Waals surface area contributed by atoms with Gasteiger partial charge < -0.3 is 14.6 Å². The first-order valence-electron chi connectivity index (χ1n) is 8.28. The van der Waals surface area contributed by atoms with Crippen molar-refractivity contribution >= 4 is 28.4 Å². The lowest BCUT2D eigenvalue weighted by atomic mass is 9.66. The molecule has 4 rings (SSSR count). The molecule has 23 heavy (non-hydrogen) atoms. The van der Waals surface area contributed by atoms with Crippen molar-refractivity contribution in [2.75, 3.05) is 19.7 Å². The molecule has 1 amide bonds. The maximum atomic E-state index is 12.8. The average molecular weight is 333 g/mol. The second kappa shape index (κ2) is 5.53. The highest BCUT2D eigenvalue weighted by Gasteiger charge is 2.49. The summed E-state index contributed by atoms with van der Waals surface area (Å²) in [7, 11) is 0. The topological polar surface area (TPSA) is 45.3 Å². The largest absolute Gasteiger partial charge is 0.378 e. The van der Waals surface area contributed by atoms with Crippen LogP contribution in [0.2, 0.25) is 5.02 Å². The zero-order valence-electron chi connectivity index (χ0n) is 13.3. The SMILES string of the molecule is CCOC1CC2(CCN(C(=O)c3cc4ccc(Cl)cc4[nH]3)C2)C1. The van der Waals surface area contributed by atoms with E-state index in [9.17, 15) is 4.79 Å². The van der Waals surface area contributed by atoms with Gasteiger partial charge >= 0.3 is 0 Å². The number of nitrogens with zero attached hydrogens (tertiary/aromatic N) is 1. The standard InChI is InChI=1S/C18H21ClN2O2/c1-2-23-14-9-18(10-14)5-6-21(11-18)17(22)16-7-12-3-4-13(19)8-15(12)20-16/h3-4,7-8,14,20H,2,5-6,9-11H2,1H3. The van der Waals surface area contributed by atoms with Crippen molar-refractivity contribution in [3.05, 3.63) is 35.0 Å². The van der Waals surface area contributed by atoms with Gasteiger partial charge in [-0.25, -0.2) is 0 Å². The van der Waals surface area contributed by atoms with Crippen molar-refractivity contribution in [3.8, 4) is 0 Å². The number of fused-ring (bicyclic) bond motifs is 1. The van der Waals surface area contributed by atoms with Gasteiger partial charge in [-0.15, -0.1) is 0 Å². The van der Waals surface area contributed by atoms with E-state index in [1.54, 1.807) is 0 Å². The average Bonchev–Trinajstić information content (AvgIpc) is 3.10. The molecule has 0 bridgehead atoms. The second-order valence-electron chi connectivity index (χ2n) is 6.88. The van der Waals surface area contributed by atoms with Crippen molar-refractivity contribution < 1.29 is 9.53 Å². The van der Waals surface area contributed by atoms with E-state index in [-0.39, 0.29) is 5.91 Å². The molecule has 5 heteroatoms. The van der Waals surface area contributed by atoms with Crippen LogP contribution in [0.4, 0.5) is 0 Å². The summed E-state index contributed by atoms with van der Waals surface area (Å²) in [5.41, 5.74) is 1.86. The predicted molar refractivity (Wildman–Crippen MR) is 90.9 cm³/mol. The molecule has 1 aromatic heterocycles. The van der Waals surface area contributed by atoms with Crippen molar-refractivity contribution in [1.82, 2.24) is 9.88 Å². The molecule has 0 radical (unpaired) electrons. The summed E-state index contributed by atoms with van der Waals surface area (Å²) in [5, 5.41) is 1.70. The second-order valence-corrected chi connectivity index (χ2v) is 7.31. The van der Waals surface area contributed by atoms with E-state index in [0.717, 1.165) is 49.9 Å². The molecule has 1 spiro atoms. The Kier molecular flexibility index (Phi) is 3.62. The third kappa shape index (κ3) is 2.64. The maximum Gasteiger partial charge on any atom is 0.270 e. The first-order valence-corrected chi connectivity index (χ1v) is 8.65. The molecular formula is C18H21ClN2O2. The van der Waals surface area contributed by atoms with Crippen LogP contribution in [0.3, 0.4) is 0 Å². The number of carbonyl (C=O) groups is 1. The molecule has 0 unspecified atom stereocenters. The number of carbonyl (C=O) groups excluding carboxylic acids is 1. The fourth-order valence-electron chi connectivity index (χ4n) is 4.09. The van der Waals surface area contributed by atoms with Gasteiger partial charge in [-0.3, -0.25) is 4.79 Å². The first-order chi connectivity index (χ1) is 11.1. The van der Waals surface area contributed by atoms with Crippen LogP contribution in [0.5, 0.6) is 0 Å². The summed E-state index contributed by atoms with van der Waals surface area (Å²) >= 11 is 6.01. The van der Waals surface area contributed by atoms with Gasteiger partial charge in [-0.1, -0.05) is 17.7 Å². The van der Waals surface area contributed by atoms with Crippen molar-refractivity contribution in [2.45, 2.75) is 32.3 Å². The van der Waals surface area contributed by atoms with Crippen LogP contribution < -0.4 is 0 Å². The minimum absolute atomic E-state index is 0.0917. The van der Waals surface area contributed by atoms with Crippen LogP contribution >= 0.6 is 11.6 Å². The third-order valence-electron chi connectivity index (χ3n) is 5.26. The number of nitrogens with one attached hydrogen (secondary N) is 1. The number of aromatic amines is 1. The number of aromatic nitrogens is 1. The molecule has 1 saturated carbocycles. The monoisotopic (exact) mass is 332 g/mol. The minimum Gasteiger partial charge on any atom is -0.378 e. The number of hydrogen-bond donors (Lipinski definition) is 1. The number of amides is 1. The van der Waals surface area contributed by atoms with Crippen LogP contribution in [0.15, 0.2) is 24.3 Å².